The minimum atomic E-state index is 0.0598. The van der Waals surface area contributed by atoms with Gasteiger partial charge in [0.05, 0.1) is 11.7 Å². The summed E-state index contributed by atoms with van der Waals surface area (Å²) < 4.78 is 0. The van der Waals surface area contributed by atoms with Crippen LogP contribution in [0.5, 0.6) is 0 Å². The summed E-state index contributed by atoms with van der Waals surface area (Å²) in [6.07, 6.45) is 2.40. The predicted octanol–water partition coefficient (Wildman–Crippen LogP) is 2.78. The average molecular weight is 241 g/mol. The number of rotatable bonds is 7. The maximum absolute atomic E-state index is 5.81. The molecular weight excluding hydrogens is 218 g/mol. The van der Waals surface area contributed by atoms with Crippen LogP contribution in [0, 0.1) is 0 Å². The maximum atomic E-state index is 5.81. The van der Waals surface area contributed by atoms with E-state index in [0.717, 1.165) is 24.6 Å². The molecule has 0 spiro atoms. The van der Waals surface area contributed by atoms with Gasteiger partial charge in [0.25, 0.3) is 0 Å². The van der Waals surface area contributed by atoms with E-state index < -0.39 is 0 Å². The van der Waals surface area contributed by atoms with Crippen molar-refractivity contribution >= 4 is 11.3 Å². The molecule has 3 nitrogen and oxygen atoms in total. The van der Waals surface area contributed by atoms with Crippen LogP contribution in [-0.4, -0.2) is 23.0 Å². The number of thiazole rings is 1. The van der Waals surface area contributed by atoms with E-state index in [1.807, 2.05) is 6.92 Å². The molecule has 1 rings (SSSR count). The lowest BCUT2D eigenvalue weighted by Crippen LogP contribution is -2.25. The Labute approximate surface area is 103 Å². The molecule has 1 heterocycles. The third kappa shape index (κ3) is 4.20. The van der Waals surface area contributed by atoms with Gasteiger partial charge in [0.1, 0.15) is 5.01 Å². The highest BCUT2D eigenvalue weighted by molar-refractivity contribution is 7.09. The van der Waals surface area contributed by atoms with Crippen LogP contribution in [0.1, 0.15) is 50.4 Å². The van der Waals surface area contributed by atoms with Crippen LogP contribution in [0.25, 0.3) is 0 Å². The maximum Gasteiger partial charge on any atom is 0.109 e. The number of nitrogens with zero attached hydrogens (tertiary/aromatic N) is 2. The largest absolute Gasteiger partial charge is 0.322 e. The third-order valence-corrected chi connectivity index (χ3v) is 3.52. The van der Waals surface area contributed by atoms with Crippen LogP contribution in [0.3, 0.4) is 0 Å². The second-order valence-electron chi connectivity index (χ2n) is 4.24. The Morgan fingerprint density at radius 3 is 2.44 bits per heavy atom. The molecule has 92 valence electrons. The highest BCUT2D eigenvalue weighted by Crippen LogP contribution is 2.17. The fraction of sp³-hybridized carbons (Fsp3) is 0.750. The van der Waals surface area contributed by atoms with Crippen LogP contribution < -0.4 is 5.73 Å². The van der Waals surface area contributed by atoms with Crippen LogP contribution in [0.4, 0.5) is 0 Å². The van der Waals surface area contributed by atoms with Gasteiger partial charge in [0.15, 0.2) is 0 Å². The smallest absolute Gasteiger partial charge is 0.109 e. The highest BCUT2D eigenvalue weighted by atomic mass is 32.1. The van der Waals surface area contributed by atoms with E-state index in [1.54, 1.807) is 11.3 Å². The molecule has 0 aliphatic heterocycles. The Kier molecular flexibility index (Phi) is 5.95. The number of hydrogen-bond acceptors (Lipinski definition) is 4. The van der Waals surface area contributed by atoms with Crippen LogP contribution in [0.2, 0.25) is 0 Å². The number of aromatic nitrogens is 1. The lowest BCUT2D eigenvalue weighted by molar-refractivity contribution is 0.264. The van der Waals surface area contributed by atoms with E-state index in [1.165, 1.54) is 18.5 Å². The fourth-order valence-electron chi connectivity index (χ4n) is 1.74. The van der Waals surface area contributed by atoms with Crippen LogP contribution in [-0.2, 0) is 6.54 Å². The molecule has 16 heavy (non-hydrogen) atoms. The van der Waals surface area contributed by atoms with Gasteiger partial charge in [-0.2, -0.15) is 0 Å². The van der Waals surface area contributed by atoms with E-state index >= 15 is 0 Å². The van der Waals surface area contributed by atoms with Gasteiger partial charge < -0.3 is 5.73 Å². The van der Waals surface area contributed by atoms with E-state index in [9.17, 15) is 0 Å². The molecule has 0 aromatic carbocycles. The predicted molar refractivity (Wildman–Crippen MR) is 70.6 cm³/mol. The van der Waals surface area contributed by atoms with Gasteiger partial charge in [-0.05, 0) is 32.9 Å². The van der Waals surface area contributed by atoms with Crippen molar-refractivity contribution < 1.29 is 0 Å². The molecule has 0 aliphatic rings. The molecule has 1 aromatic heterocycles. The first kappa shape index (κ1) is 13.6. The molecule has 1 atom stereocenters. The summed E-state index contributed by atoms with van der Waals surface area (Å²) in [5.74, 6) is 0. The molecule has 2 N–H and O–H groups in total. The van der Waals surface area contributed by atoms with Crippen molar-refractivity contribution in [1.82, 2.24) is 9.88 Å². The second kappa shape index (κ2) is 6.99. The molecule has 0 saturated heterocycles. The lowest BCUT2D eigenvalue weighted by Gasteiger charge is -2.19. The normalized spacial score (nSPS) is 13.3. The molecule has 0 amide bonds. The summed E-state index contributed by atoms with van der Waals surface area (Å²) in [4.78, 5) is 7.02. The van der Waals surface area contributed by atoms with Crippen molar-refractivity contribution in [2.24, 2.45) is 5.73 Å². The first-order valence-corrected chi connectivity index (χ1v) is 6.97. The number of hydrogen-bond donors (Lipinski definition) is 1. The van der Waals surface area contributed by atoms with Crippen molar-refractivity contribution in [3.8, 4) is 0 Å². The zero-order valence-corrected chi connectivity index (χ0v) is 11.4. The van der Waals surface area contributed by atoms with Gasteiger partial charge >= 0.3 is 0 Å². The first-order valence-electron chi connectivity index (χ1n) is 6.09. The van der Waals surface area contributed by atoms with Gasteiger partial charge in [-0.25, -0.2) is 4.98 Å². The first-order chi connectivity index (χ1) is 7.67. The molecule has 4 heteroatoms. The minimum Gasteiger partial charge on any atom is -0.322 e. The summed E-state index contributed by atoms with van der Waals surface area (Å²) in [5.41, 5.74) is 6.98. The molecule has 0 bridgehead atoms. The summed E-state index contributed by atoms with van der Waals surface area (Å²) in [6, 6.07) is 0.0598. The summed E-state index contributed by atoms with van der Waals surface area (Å²) in [5, 5.41) is 3.18. The zero-order valence-electron chi connectivity index (χ0n) is 10.6. The van der Waals surface area contributed by atoms with Gasteiger partial charge in [0, 0.05) is 11.9 Å². The summed E-state index contributed by atoms with van der Waals surface area (Å²) >= 11 is 1.67. The van der Waals surface area contributed by atoms with Crippen molar-refractivity contribution in [2.45, 2.75) is 46.2 Å². The minimum absolute atomic E-state index is 0.0598. The zero-order chi connectivity index (χ0) is 12.0. The van der Waals surface area contributed by atoms with Gasteiger partial charge in [0.2, 0.25) is 0 Å². The molecule has 0 aliphatic carbocycles. The monoisotopic (exact) mass is 241 g/mol. The van der Waals surface area contributed by atoms with Crippen molar-refractivity contribution in [3.05, 3.63) is 16.1 Å². The fourth-order valence-corrected chi connectivity index (χ4v) is 2.50. The van der Waals surface area contributed by atoms with Gasteiger partial charge in [-0.3, -0.25) is 4.90 Å². The van der Waals surface area contributed by atoms with E-state index in [-0.39, 0.29) is 6.04 Å². The highest BCUT2D eigenvalue weighted by Gasteiger charge is 2.09. The number of nitrogens with two attached hydrogens (primary N) is 1. The van der Waals surface area contributed by atoms with E-state index in [4.69, 9.17) is 5.73 Å². The van der Waals surface area contributed by atoms with Crippen molar-refractivity contribution in [3.63, 3.8) is 0 Å². The molecular formula is C12H23N3S. The summed E-state index contributed by atoms with van der Waals surface area (Å²) in [6.45, 7) is 9.69. The SMILES string of the molecule is CCCN(CCC)Cc1csc(C(C)N)n1. The van der Waals surface area contributed by atoms with Gasteiger partial charge in [-0.1, -0.05) is 13.8 Å². The summed E-state index contributed by atoms with van der Waals surface area (Å²) in [7, 11) is 0. The van der Waals surface area contributed by atoms with Crippen LogP contribution in [0.15, 0.2) is 5.38 Å². The van der Waals surface area contributed by atoms with Gasteiger partial charge in [-0.15, -0.1) is 11.3 Å². The Morgan fingerprint density at radius 2 is 2.00 bits per heavy atom. The lowest BCUT2D eigenvalue weighted by atomic mass is 10.3. The molecule has 0 radical (unpaired) electrons. The van der Waals surface area contributed by atoms with Crippen molar-refractivity contribution in [2.75, 3.05) is 13.1 Å². The molecule has 1 unspecified atom stereocenters. The Bertz CT molecular complexity index is 290. The van der Waals surface area contributed by atoms with Crippen molar-refractivity contribution in [1.29, 1.82) is 0 Å². The average Bonchev–Trinajstić information content (AvgIpc) is 2.67. The Hall–Kier alpha value is -0.450. The molecule has 0 saturated carbocycles. The Morgan fingerprint density at radius 1 is 1.38 bits per heavy atom. The molecule has 1 aromatic rings. The topological polar surface area (TPSA) is 42.1 Å². The Balaban J connectivity index is 2.55. The second-order valence-corrected chi connectivity index (χ2v) is 5.13. The van der Waals surface area contributed by atoms with Crippen LogP contribution >= 0.6 is 11.3 Å². The van der Waals surface area contributed by atoms with E-state index in [0.29, 0.717) is 0 Å². The van der Waals surface area contributed by atoms with E-state index in [2.05, 4.69) is 29.1 Å². The quantitative estimate of drug-likeness (QED) is 0.798. The third-order valence-electron chi connectivity index (χ3n) is 2.42. The standard InChI is InChI=1S/C12H23N3S/c1-4-6-15(7-5-2)8-11-9-16-12(14-11)10(3)13/h9-10H,4-8,13H2,1-3H3. The molecule has 0 fully saturated rings.